The second-order valence-corrected chi connectivity index (χ2v) is 22.9. The van der Waals surface area contributed by atoms with Crippen molar-refractivity contribution in [3.8, 4) is 23.0 Å². The standard InChI is InChI=1S/C76H92N4O4/c1-9-13-21-41-57-61-45-66(74(82-6)49-69(61)77-53-33-25-17-26-34-53)59(43-23-15-11-3)63-47-68(76(84-8)51-71(63)79-55-37-29-19-30-38-55)60(44-24-16-12-4)64-48-67(75(83-7)52-72(64)80-56-39-31-20-32-40-56)58(42-22-14-10-2)62-46-65(57)73(81-5)50-70(62)78-54-35-27-18-28-36-54/h17-20,25-40,45-52,57-60,77-80H,9-16,21-24,41-44H2,1-8H3. The van der Waals surface area contributed by atoms with Gasteiger partial charge in [-0.2, -0.15) is 0 Å². The molecule has 0 heterocycles. The van der Waals surface area contributed by atoms with Crippen molar-refractivity contribution >= 4 is 45.5 Å². The van der Waals surface area contributed by atoms with Crippen molar-refractivity contribution in [2.45, 2.75) is 154 Å². The Morgan fingerprint density at radius 1 is 0.262 bits per heavy atom. The summed E-state index contributed by atoms with van der Waals surface area (Å²) in [6.07, 6.45) is 16.6. The van der Waals surface area contributed by atoms with Gasteiger partial charge in [0.1, 0.15) is 23.0 Å². The second-order valence-electron chi connectivity index (χ2n) is 22.9. The van der Waals surface area contributed by atoms with Crippen LogP contribution in [-0.2, 0) is 0 Å². The molecule has 8 aromatic carbocycles. The molecule has 0 saturated heterocycles. The minimum atomic E-state index is -0.0847. The molecule has 4 N–H and O–H groups in total. The average molecular weight is 1130 g/mol. The van der Waals surface area contributed by atoms with Gasteiger partial charge < -0.3 is 40.2 Å². The highest BCUT2D eigenvalue weighted by molar-refractivity contribution is 5.77. The van der Waals surface area contributed by atoms with Crippen LogP contribution in [0.25, 0.3) is 0 Å². The fourth-order valence-corrected chi connectivity index (χ4v) is 12.9. The van der Waals surface area contributed by atoms with Gasteiger partial charge in [0.05, 0.1) is 28.4 Å². The number of benzene rings is 8. The van der Waals surface area contributed by atoms with Crippen LogP contribution in [0.15, 0.2) is 170 Å². The van der Waals surface area contributed by atoms with Gasteiger partial charge in [0, 0.05) is 116 Å². The van der Waals surface area contributed by atoms with E-state index in [4.69, 9.17) is 18.9 Å². The number of para-hydroxylation sites is 4. The number of nitrogens with one attached hydrogen (secondary N) is 4. The number of anilines is 8. The van der Waals surface area contributed by atoms with Crippen molar-refractivity contribution in [1.29, 1.82) is 0 Å². The summed E-state index contributed by atoms with van der Waals surface area (Å²) >= 11 is 0. The average Bonchev–Trinajstić information content (AvgIpc) is 3.67. The van der Waals surface area contributed by atoms with Gasteiger partial charge in [-0.1, -0.05) is 178 Å². The monoisotopic (exact) mass is 1120 g/mol. The number of hydrogen-bond donors (Lipinski definition) is 4. The maximum absolute atomic E-state index is 6.75. The van der Waals surface area contributed by atoms with Crippen LogP contribution in [0.5, 0.6) is 23.0 Å². The molecule has 8 bridgehead atoms. The molecule has 0 aromatic heterocycles. The Hall–Kier alpha value is -7.84. The number of fused-ring (bicyclic) bond motifs is 8. The first-order valence-corrected chi connectivity index (χ1v) is 31.5. The van der Waals surface area contributed by atoms with Crippen LogP contribution in [-0.4, -0.2) is 28.4 Å². The zero-order valence-electron chi connectivity index (χ0n) is 51.4. The molecule has 8 aromatic rings. The predicted molar refractivity (Wildman–Crippen MR) is 355 cm³/mol. The van der Waals surface area contributed by atoms with Gasteiger partial charge in [0.2, 0.25) is 0 Å². The van der Waals surface area contributed by atoms with E-state index in [9.17, 15) is 0 Å². The van der Waals surface area contributed by atoms with Crippen molar-refractivity contribution in [3.05, 3.63) is 214 Å². The lowest BCUT2D eigenvalue weighted by Gasteiger charge is -2.33. The van der Waals surface area contributed by atoms with Crippen molar-refractivity contribution in [3.63, 3.8) is 0 Å². The van der Waals surface area contributed by atoms with Gasteiger partial charge in [-0.3, -0.25) is 0 Å². The number of methoxy groups -OCH3 is 4. The number of unbranched alkanes of at least 4 members (excludes halogenated alkanes) is 8. The van der Waals surface area contributed by atoms with Crippen LogP contribution < -0.4 is 40.2 Å². The van der Waals surface area contributed by atoms with E-state index in [-0.39, 0.29) is 23.7 Å². The Labute approximate surface area is 503 Å². The largest absolute Gasteiger partial charge is 0.496 e. The van der Waals surface area contributed by atoms with Gasteiger partial charge in [-0.15, -0.1) is 0 Å². The van der Waals surface area contributed by atoms with Crippen molar-refractivity contribution in [1.82, 2.24) is 0 Å². The molecule has 0 spiro atoms. The first-order valence-electron chi connectivity index (χ1n) is 31.5. The van der Waals surface area contributed by atoms with Gasteiger partial charge in [0.25, 0.3) is 0 Å². The topological polar surface area (TPSA) is 85.0 Å². The molecule has 1 aliphatic rings. The Morgan fingerprint density at radius 2 is 0.464 bits per heavy atom. The molecule has 1 aliphatic carbocycles. The van der Waals surface area contributed by atoms with Gasteiger partial charge in [-0.05, 0) is 121 Å². The summed E-state index contributed by atoms with van der Waals surface area (Å²) in [5.74, 6) is 3.09. The van der Waals surface area contributed by atoms with E-state index >= 15 is 0 Å². The highest BCUT2D eigenvalue weighted by Gasteiger charge is 2.34. The van der Waals surface area contributed by atoms with Crippen molar-refractivity contribution < 1.29 is 18.9 Å². The van der Waals surface area contributed by atoms with E-state index in [0.29, 0.717) is 0 Å². The molecular formula is C76H92N4O4. The molecular weight excluding hydrogens is 1030 g/mol. The van der Waals surface area contributed by atoms with Crippen LogP contribution in [0, 0.1) is 0 Å². The van der Waals surface area contributed by atoms with Gasteiger partial charge in [-0.25, -0.2) is 0 Å². The summed E-state index contributed by atoms with van der Waals surface area (Å²) in [5.41, 5.74) is 17.7. The maximum Gasteiger partial charge on any atom is 0.124 e. The Morgan fingerprint density at radius 3 is 0.643 bits per heavy atom. The SMILES string of the molecule is CCCCCC1c2cc(c(OC)cc2Nc2ccccc2)C(CCCCC)c2cc(c(OC)cc2Nc2ccccc2)C(CCCCC)c2cc(c(OC)cc2Nc2ccccc2)C(CCCCC)c2cc1c(OC)cc2Nc1ccccc1. The summed E-state index contributed by atoms with van der Waals surface area (Å²) in [4.78, 5) is 0. The molecule has 0 saturated carbocycles. The number of ether oxygens (including phenoxy) is 4. The van der Waals surface area contributed by atoms with Gasteiger partial charge in [0.15, 0.2) is 0 Å². The molecule has 0 amide bonds. The minimum Gasteiger partial charge on any atom is -0.496 e. The van der Waals surface area contributed by atoms with E-state index in [2.05, 4.69) is 219 Å². The zero-order valence-corrected chi connectivity index (χ0v) is 51.4. The van der Waals surface area contributed by atoms with Crippen LogP contribution in [0.1, 0.15) is 199 Å². The van der Waals surface area contributed by atoms with Crippen LogP contribution in [0.2, 0.25) is 0 Å². The lowest BCUT2D eigenvalue weighted by molar-refractivity contribution is 0.402. The zero-order chi connectivity index (χ0) is 58.6. The summed E-state index contributed by atoms with van der Waals surface area (Å²) in [6, 6.07) is 61.7. The molecule has 440 valence electrons. The molecule has 8 nitrogen and oxygen atoms in total. The van der Waals surface area contributed by atoms with E-state index in [1.165, 1.54) is 44.5 Å². The van der Waals surface area contributed by atoms with Crippen LogP contribution >= 0.6 is 0 Å². The van der Waals surface area contributed by atoms with E-state index in [0.717, 1.165) is 171 Å². The molecule has 0 fully saturated rings. The summed E-state index contributed by atoms with van der Waals surface area (Å²) < 4.78 is 27.0. The Kier molecular flexibility index (Phi) is 22.2. The highest BCUT2D eigenvalue weighted by Crippen LogP contribution is 2.53. The van der Waals surface area contributed by atoms with Crippen LogP contribution in [0.4, 0.5) is 45.5 Å². The summed E-state index contributed by atoms with van der Waals surface area (Å²) in [5, 5.41) is 15.9. The minimum absolute atomic E-state index is 0.0847. The Bertz CT molecular complexity index is 2870. The van der Waals surface area contributed by atoms with E-state index in [1.807, 2.05) is 28.4 Å². The third kappa shape index (κ3) is 14.7. The third-order valence-electron chi connectivity index (χ3n) is 17.2. The first-order chi connectivity index (χ1) is 41.3. The van der Waals surface area contributed by atoms with Gasteiger partial charge >= 0.3 is 0 Å². The molecule has 0 aliphatic heterocycles. The molecule has 84 heavy (non-hydrogen) atoms. The fourth-order valence-electron chi connectivity index (χ4n) is 12.9. The maximum atomic E-state index is 6.75. The predicted octanol–water partition coefficient (Wildman–Crippen LogP) is 21.9. The molecule has 8 heteroatoms. The fraction of sp³-hybridized carbons (Fsp3) is 0.368. The quantitative estimate of drug-likeness (QED) is 0.0361. The Balaban J connectivity index is 1.48. The number of rotatable bonds is 28. The lowest BCUT2D eigenvalue weighted by atomic mass is 9.75. The molecule has 4 unspecified atom stereocenters. The van der Waals surface area contributed by atoms with Crippen molar-refractivity contribution in [2.24, 2.45) is 0 Å². The van der Waals surface area contributed by atoms with Crippen molar-refractivity contribution in [2.75, 3.05) is 49.7 Å². The van der Waals surface area contributed by atoms with E-state index < -0.39 is 0 Å². The third-order valence-corrected chi connectivity index (χ3v) is 17.2. The highest BCUT2D eigenvalue weighted by atomic mass is 16.5. The van der Waals surface area contributed by atoms with E-state index in [1.54, 1.807) is 0 Å². The molecule has 0 radical (unpaired) electrons. The smallest absolute Gasteiger partial charge is 0.124 e. The summed E-state index contributed by atoms with van der Waals surface area (Å²) in [6.45, 7) is 9.22. The van der Waals surface area contributed by atoms with Crippen LogP contribution in [0.3, 0.4) is 0 Å². The first kappa shape index (κ1) is 60.7. The molecule has 9 rings (SSSR count). The molecule has 4 atom stereocenters. The number of hydrogen-bond acceptors (Lipinski definition) is 8. The summed E-state index contributed by atoms with van der Waals surface area (Å²) in [7, 11) is 7.39. The second kappa shape index (κ2) is 30.6. The normalized spacial score (nSPS) is 15.4. The lowest BCUT2D eigenvalue weighted by Crippen LogP contribution is -2.16.